The molecule has 0 saturated heterocycles. The number of amides is 1. The number of methoxy groups -OCH3 is 1. The van der Waals surface area contributed by atoms with Crippen LogP contribution in [0.3, 0.4) is 0 Å². The molecule has 40 heavy (non-hydrogen) atoms. The number of Topliss-reactive ketones (excluding diaryl/α,β-unsaturated/α-hetero) is 1. The molecule has 12 heteroatoms. The Kier molecular flexibility index (Phi) is 8.50. The third kappa shape index (κ3) is 5.27. The zero-order valence-electron chi connectivity index (χ0n) is 22.3. The second-order valence-corrected chi connectivity index (χ2v) is 10.8. The van der Waals surface area contributed by atoms with Gasteiger partial charge in [0.1, 0.15) is 18.1 Å². The second kappa shape index (κ2) is 11.8. The average molecular weight is 582 g/mol. The van der Waals surface area contributed by atoms with Crippen molar-refractivity contribution < 1.29 is 33.7 Å². The molecular weight excluding hydrogens is 554 g/mol. The van der Waals surface area contributed by atoms with E-state index in [1.807, 2.05) is 0 Å². The summed E-state index contributed by atoms with van der Waals surface area (Å²) in [6.45, 7) is 12.5. The summed E-state index contributed by atoms with van der Waals surface area (Å²) < 4.78 is 16.3. The maximum atomic E-state index is 13.9. The fourth-order valence-corrected chi connectivity index (χ4v) is 6.07. The lowest BCUT2D eigenvalue weighted by atomic mass is 9.95. The van der Waals surface area contributed by atoms with E-state index in [1.165, 1.54) is 29.4 Å². The van der Waals surface area contributed by atoms with Crippen molar-refractivity contribution in [3.05, 3.63) is 86.6 Å². The van der Waals surface area contributed by atoms with Crippen LogP contribution in [0.5, 0.6) is 11.5 Å². The number of hydrogen-bond acceptors (Lipinski definition) is 11. The number of ketones is 1. The number of aliphatic hydroxyl groups is 1. The van der Waals surface area contributed by atoms with Gasteiger partial charge in [-0.05, 0) is 38.5 Å². The van der Waals surface area contributed by atoms with Crippen LogP contribution in [0.2, 0.25) is 0 Å². The van der Waals surface area contributed by atoms with Gasteiger partial charge in [0.15, 0.2) is 22.4 Å². The number of aliphatic hydroxyl groups excluding tert-OH is 1. The van der Waals surface area contributed by atoms with Crippen LogP contribution >= 0.6 is 22.7 Å². The number of carbonyl (C=O) groups excluding carboxylic acids is 3. The fraction of sp³-hybridized carbons (Fsp3) is 0.250. The van der Waals surface area contributed by atoms with Gasteiger partial charge in [-0.25, -0.2) is 14.8 Å². The molecule has 0 fully saturated rings. The second-order valence-electron chi connectivity index (χ2n) is 8.62. The quantitative estimate of drug-likeness (QED) is 0.184. The van der Waals surface area contributed by atoms with E-state index in [0.29, 0.717) is 38.3 Å². The molecule has 1 amide bonds. The molecule has 2 aromatic heterocycles. The molecule has 1 N–H and O–H groups in total. The first-order chi connectivity index (χ1) is 19.1. The van der Waals surface area contributed by atoms with Crippen molar-refractivity contribution in [2.75, 3.05) is 25.2 Å². The van der Waals surface area contributed by atoms with E-state index in [1.54, 1.807) is 45.0 Å². The summed E-state index contributed by atoms with van der Waals surface area (Å²) >= 11 is 2.09. The summed E-state index contributed by atoms with van der Waals surface area (Å²) in [5.74, 6) is -1.94. The number of thiazole rings is 2. The monoisotopic (exact) mass is 581 g/mol. The van der Waals surface area contributed by atoms with Crippen molar-refractivity contribution in [3.63, 3.8) is 0 Å². The van der Waals surface area contributed by atoms with Gasteiger partial charge in [-0.3, -0.25) is 14.5 Å². The maximum absolute atomic E-state index is 13.9. The molecule has 4 rings (SSSR count). The minimum absolute atomic E-state index is 0.00541. The highest BCUT2D eigenvalue weighted by molar-refractivity contribution is 7.17. The number of esters is 1. The highest BCUT2D eigenvalue weighted by Crippen LogP contribution is 2.46. The minimum Gasteiger partial charge on any atom is -0.503 e. The van der Waals surface area contributed by atoms with Crippen LogP contribution in [0.25, 0.3) is 0 Å². The largest absolute Gasteiger partial charge is 0.503 e. The van der Waals surface area contributed by atoms with Crippen molar-refractivity contribution in [2.24, 2.45) is 0 Å². The van der Waals surface area contributed by atoms with E-state index in [-0.39, 0.29) is 28.8 Å². The fourth-order valence-electron chi connectivity index (χ4n) is 4.21. The Morgan fingerprint density at radius 1 is 1.05 bits per heavy atom. The molecule has 1 aliphatic heterocycles. The molecule has 1 unspecified atom stereocenters. The van der Waals surface area contributed by atoms with Crippen LogP contribution in [0.4, 0.5) is 5.13 Å². The molecular formula is C28H27N3O7S2. The molecule has 1 aromatic carbocycles. The lowest BCUT2D eigenvalue weighted by Crippen LogP contribution is -2.31. The van der Waals surface area contributed by atoms with Crippen molar-refractivity contribution in [3.8, 4) is 11.5 Å². The van der Waals surface area contributed by atoms with Gasteiger partial charge in [-0.15, -0.1) is 11.3 Å². The smallest absolute Gasteiger partial charge is 0.350 e. The molecule has 10 nitrogen and oxygen atoms in total. The Balaban J connectivity index is 1.87. The van der Waals surface area contributed by atoms with E-state index in [0.717, 1.165) is 11.3 Å². The van der Waals surface area contributed by atoms with Crippen LogP contribution in [0.15, 0.2) is 54.8 Å². The Hall–Kier alpha value is -4.29. The Bertz CT molecular complexity index is 1550. The van der Waals surface area contributed by atoms with Crippen molar-refractivity contribution >= 4 is 45.5 Å². The molecule has 3 aromatic rings. The number of aryl methyl sites for hydroxylation is 3. The first-order valence-corrected chi connectivity index (χ1v) is 13.7. The lowest BCUT2D eigenvalue weighted by molar-refractivity contribution is -0.117. The SMILES string of the molecule is C=CCOC(=O)c1sc(N2C(=O)C(O)=C(C(=O)c3sc(C)nc3C)C2c2ccc(OCC=C)c(OC)c2)nc1C. The predicted molar refractivity (Wildman–Crippen MR) is 152 cm³/mol. The Morgan fingerprint density at radius 3 is 2.38 bits per heavy atom. The number of hydrogen-bond donors (Lipinski definition) is 1. The van der Waals surface area contributed by atoms with Gasteiger partial charge in [0, 0.05) is 0 Å². The Labute approximate surface area is 238 Å². The van der Waals surface area contributed by atoms with E-state index >= 15 is 0 Å². The number of anilines is 1. The van der Waals surface area contributed by atoms with Crippen molar-refractivity contribution in [2.45, 2.75) is 26.8 Å². The van der Waals surface area contributed by atoms with Gasteiger partial charge in [-0.2, -0.15) is 0 Å². The van der Waals surface area contributed by atoms with E-state index < -0.39 is 29.5 Å². The topological polar surface area (TPSA) is 128 Å². The normalized spacial score (nSPS) is 14.8. The molecule has 3 heterocycles. The van der Waals surface area contributed by atoms with Crippen molar-refractivity contribution in [1.29, 1.82) is 0 Å². The minimum atomic E-state index is -1.09. The summed E-state index contributed by atoms with van der Waals surface area (Å²) in [7, 11) is 1.46. The van der Waals surface area contributed by atoms with Crippen LogP contribution in [0.1, 0.15) is 47.3 Å². The highest BCUT2D eigenvalue weighted by Gasteiger charge is 2.47. The van der Waals surface area contributed by atoms with Crippen molar-refractivity contribution in [1.82, 2.24) is 9.97 Å². The van der Waals surface area contributed by atoms with Gasteiger partial charge in [0.25, 0.3) is 5.91 Å². The summed E-state index contributed by atoms with van der Waals surface area (Å²) in [5.41, 5.74) is 1.13. The van der Waals surface area contributed by atoms with Crippen LogP contribution in [-0.2, 0) is 9.53 Å². The summed E-state index contributed by atoms with van der Waals surface area (Å²) in [6, 6.07) is 3.85. The van der Waals surface area contributed by atoms with E-state index in [2.05, 4.69) is 23.1 Å². The molecule has 0 spiro atoms. The number of carbonyl (C=O) groups is 3. The number of nitrogens with zero attached hydrogens (tertiary/aromatic N) is 3. The number of aromatic nitrogens is 2. The molecule has 0 bridgehead atoms. The van der Waals surface area contributed by atoms with E-state index in [9.17, 15) is 19.5 Å². The van der Waals surface area contributed by atoms with Gasteiger partial charge >= 0.3 is 5.97 Å². The van der Waals surface area contributed by atoms with Gasteiger partial charge in [-0.1, -0.05) is 42.7 Å². The molecule has 208 valence electrons. The Morgan fingerprint density at radius 2 is 1.75 bits per heavy atom. The number of benzene rings is 1. The molecule has 0 radical (unpaired) electrons. The van der Waals surface area contributed by atoms with Gasteiger partial charge in [0.05, 0.1) is 40.0 Å². The number of ether oxygens (including phenoxy) is 3. The average Bonchev–Trinajstić information content (AvgIpc) is 3.57. The highest BCUT2D eigenvalue weighted by atomic mass is 32.1. The molecule has 1 aliphatic rings. The zero-order chi connectivity index (χ0) is 29.1. The third-order valence-corrected chi connectivity index (χ3v) is 8.14. The van der Waals surface area contributed by atoms with Crippen LogP contribution in [0, 0.1) is 20.8 Å². The molecule has 0 saturated carbocycles. The first-order valence-electron chi connectivity index (χ1n) is 12.0. The lowest BCUT2D eigenvalue weighted by Gasteiger charge is -2.25. The maximum Gasteiger partial charge on any atom is 0.350 e. The summed E-state index contributed by atoms with van der Waals surface area (Å²) in [4.78, 5) is 50.5. The van der Waals surface area contributed by atoms with Crippen LogP contribution < -0.4 is 14.4 Å². The van der Waals surface area contributed by atoms with E-state index in [4.69, 9.17) is 14.2 Å². The third-order valence-electron chi connectivity index (χ3n) is 5.93. The summed E-state index contributed by atoms with van der Waals surface area (Å²) in [5, 5.41) is 11.9. The van der Waals surface area contributed by atoms with Crippen LogP contribution in [-0.4, -0.2) is 53.1 Å². The van der Waals surface area contributed by atoms with Gasteiger partial charge in [0.2, 0.25) is 5.78 Å². The predicted octanol–water partition coefficient (Wildman–Crippen LogP) is 5.22. The standard InChI is InChI=1S/C28H27N3O7S2/c1-7-11-37-18-10-9-17(13-19(18)36-6)21-20(22(32)24-14(3)29-16(5)39-24)23(33)26(34)31(21)28-30-15(4)25(40-28)27(35)38-12-8-2/h7-10,13,21,33H,1-2,11-12H2,3-6H3. The first kappa shape index (κ1) is 28.7. The summed E-state index contributed by atoms with van der Waals surface area (Å²) in [6.07, 6.45) is 3.03. The molecule has 1 atom stereocenters. The van der Waals surface area contributed by atoms with Gasteiger partial charge < -0.3 is 19.3 Å². The number of rotatable bonds is 11. The molecule has 0 aliphatic carbocycles. The zero-order valence-corrected chi connectivity index (χ0v) is 24.0.